The first-order valence-corrected chi connectivity index (χ1v) is 7.68. The van der Waals surface area contributed by atoms with Crippen molar-refractivity contribution in [2.75, 3.05) is 7.11 Å². The molecule has 0 saturated heterocycles. The van der Waals surface area contributed by atoms with Crippen LogP contribution in [0.2, 0.25) is 0 Å². The molecule has 0 heterocycles. The van der Waals surface area contributed by atoms with Crippen molar-refractivity contribution in [3.63, 3.8) is 0 Å². The van der Waals surface area contributed by atoms with Gasteiger partial charge in [-0.2, -0.15) is 0 Å². The van der Waals surface area contributed by atoms with Crippen LogP contribution in [0.15, 0.2) is 48.5 Å². The maximum atomic E-state index is 12.3. The van der Waals surface area contributed by atoms with E-state index in [1.165, 1.54) is 30.9 Å². The zero-order valence-corrected chi connectivity index (χ0v) is 13.7. The van der Waals surface area contributed by atoms with Crippen molar-refractivity contribution in [1.82, 2.24) is 5.32 Å². The monoisotopic (exact) mass is 328 g/mol. The second-order valence-corrected chi connectivity index (χ2v) is 5.54. The second-order valence-electron chi connectivity index (χ2n) is 5.54. The predicted molar refractivity (Wildman–Crippen MR) is 91.3 cm³/mol. The number of hydrogen-bond donors (Lipinski definition) is 1. The van der Waals surface area contributed by atoms with E-state index in [0.717, 1.165) is 12.8 Å². The van der Waals surface area contributed by atoms with Gasteiger partial charge < -0.3 is 10.1 Å². The van der Waals surface area contributed by atoms with Crippen LogP contribution in [0.3, 0.4) is 0 Å². The van der Waals surface area contributed by atoms with E-state index in [-0.39, 0.29) is 28.9 Å². The minimum Gasteiger partial charge on any atom is -0.490 e. The molecule has 126 valence electrons. The summed E-state index contributed by atoms with van der Waals surface area (Å²) >= 11 is 0. The highest BCUT2D eigenvalue weighted by molar-refractivity contribution is 5.95. The number of hydrogen-bond acceptors (Lipinski definition) is 4. The molecule has 1 atom stereocenters. The Morgan fingerprint density at radius 2 is 1.96 bits per heavy atom. The van der Waals surface area contributed by atoms with Gasteiger partial charge in [-0.25, -0.2) is 0 Å². The normalized spacial score (nSPS) is 11.6. The summed E-state index contributed by atoms with van der Waals surface area (Å²) in [5, 5.41) is 13.9. The van der Waals surface area contributed by atoms with E-state index in [1.54, 1.807) is 0 Å². The number of nitro groups is 1. The zero-order valence-electron chi connectivity index (χ0n) is 13.7. The van der Waals surface area contributed by atoms with Crippen molar-refractivity contribution in [3.05, 3.63) is 69.8 Å². The third-order valence-electron chi connectivity index (χ3n) is 3.72. The largest absolute Gasteiger partial charge is 0.490 e. The topological polar surface area (TPSA) is 81.5 Å². The van der Waals surface area contributed by atoms with Crippen molar-refractivity contribution in [3.8, 4) is 5.75 Å². The third-order valence-corrected chi connectivity index (χ3v) is 3.72. The van der Waals surface area contributed by atoms with Crippen molar-refractivity contribution >= 4 is 11.6 Å². The van der Waals surface area contributed by atoms with Crippen LogP contribution in [0, 0.1) is 10.1 Å². The number of rotatable bonds is 7. The van der Waals surface area contributed by atoms with Crippen LogP contribution >= 0.6 is 0 Å². The molecule has 2 aromatic rings. The molecule has 0 aliphatic carbocycles. The van der Waals surface area contributed by atoms with Gasteiger partial charge in [-0.1, -0.05) is 30.3 Å². The summed E-state index contributed by atoms with van der Waals surface area (Å²) < 4.78 is 4.94. The van der Waals surface area contributed by atoms with Crippen molar-refractivity contribution in [1.29, 1.82) is 0 Å². The summed E-state index contributed by atoms with van der Waals surface area (Å²) in [4.78, 5) is 22.7. The van der Waals surface area contributed by atoms with Gasteiger partial charge in [0, 0.05) is 17.7 Å². The van der Waals surface area contributed by atoms with Crippen molar-refractivity contribution in [2.24, 2.45) is 0 Å². The molecular formula is C18H20N2O4. The van der Waals surface area contributed by atoms with Crippen molar-refractivity contribution < 1.29 is 14.5 Å². The third kappa shape index (κ3) is 4.55. The molecule has 0 fully saturated rings. The number of nitrogens with one attached hydrogen (secondary N) is 1. The summed E-state index contributed by atoms with van der Waals surface area (Å²) in [5.41, 5.74) is 1.23. The molecule has 6 nitrogen and oxygen atoms in total. The Balaban J connectivity index is 1.98. The summed E-state index contributed by atoms with van der Waals surface area (Å²) in [5.74, 6) is -0.199. The molecule has 0 saturated carbocycles. The number of nitro benzene ring substituents is 1. The number of methoxy groups -OCH3 is 1. The van der Waals surface area contributed by atoms with Gasteiger partial charge in [0.25, 0.3) is 5.91 Å². The van der Waals surface area contributed by atoms with Crippen LogP contribution in [-0.2, 0) is 6.42 Å². The van der Waals surface area contributed by atoms with Gasteiger partial charge in [0.15, 0.2) is 5.75 Å². The molecule has 1 amide bonds. The van der Waals surface area contributed by atoms with E-state index in [0.29, 0.717) is 0 Å². The Labute approximate surface area is 140 Å². The average Bonchev–Trinajstić information content (AvgIpc) is 2.60. The van der Waals surface area contributed by atoms with E-state index in [4.69, 9.17) is 4.74 Å². The molecule has 0 aliphatic rings. The lowest BCUT2D eigenvalue weighted by Gasteiger charge is -2.14. The predicted octanol–water partition coefficient (Wildman–Crippen LogP) is 3.35. The van der Waals surface area contributed by atoms with Gasteiger partial charge in [-0.05, 0) is 37.5 Å². The highest BCUT2D eigenvalue weighted by Crippen LogP contribution is 2.27. The first kappa shape index (κ1) is 17.5. The lowest BCUT2D eigenvalue weighted by Crippen LogP contribution is -2.32. The summed E-state index contributed by atoms with van der Waals surface area (Å²) in [6.07, 6.45) is 1.64. The lowest BCUT2D eigenvalue weighted by molar-refractivity contribution is -0.385. The fourth-order valence-electron chi connectivity index (χ4n) is 2.38. The fourth-order valence-corrected chi connectivity index (χ4v) is 2.38. The molecule has 1 N–H and O–H groups in total. The van der Waals surface area contributed by atoms with Crippen LogP contribution < -0.4 is 10.1 Å². The van der Waals surface area contributed by atoms with E-state index in [2.05, 4.69) is 5.32 Å². The number of carbonyl (C=O) groups excluding carboxylic acids is 1. The first-order chi connectivity index (χ1) is 11.5. The lowest BCUT2D eigenvalue weighted by atomic mass is 10.1. The molecular weight excluding hydrogens is 308 g/mol. The molecule has 0 bridgehead atoms. The molecule has 2 aromatic carbocycles. The van der Waals surface area contributed by atoms with Crippen LogP contribution in [0.5, 0.6) is 5.75 Å². The number of aryl methyl sites for hydroxylation is 1. The Bertz CT molecular complexity index is 716. The average molecular weight is 328 g/mol. The van der Waals surface area contributed by atoms with Gasteiger partial charge >= 0.3 is 5.69 Å². The van der Waals surface area contributed by atoms with E-state index < -0.39 is 4.92 Å². The Hall–Kier alpha value is -2.89. The highest BCUT2D eigenvalue weighted by atomic mass is 16.6. The van der Waals surface area contributed by atoms with E-state index in [1.807, 2.05) is 37.3 Å². The molecule has 6 heteroatoms. The van der Waals surface area contributed by atoms with Crippen LogP contribution in [0.25, 0.3) is 0 Å². The zero-order chi connectivity index (χ0) is 17.5. The van der Waals surface area contributed by atoms with Crippen LogP contribution in [0.1, 0.15) is 29.3 Å². The summed E-state index contributed by atoms with van der Waals surface area (Å²) in [6, 6.07) is 14.2. The smallest absolute Gasteiger partial charge is 0.311 e. The number of amides is 1. The fraction of sp³-hybridized carbons (Fsp3) is 0.278. The van der Waals surface area contributed by atoms with Crippen LogP contribution in [-0.4, -0.2) is 24.0 Å². The Morgan fingerprint density at radius 3 is 2.58 bits per heavy atom. The first-order valence-electron chi connectivity index (χ1n) is 7.68. The minimum atomic E-state index is -0.561. The van der Waals surface area contributed by atoms with Crippen LogP contribution in [0.4, 0.5) is 5.69 Å². The van der Waals surface area contributed by atoms with Gasteiger partial charge in [-0.3, -0.25) is 14.9 Å². The van der Waals surface area contributed by atoms with Crippen molar-refractivity contribution in [2.45, 2.75) is 25.8 Å². The Morgan fingerprint density at radius 1 is 1.25 bits per heavy atom. The van der Waals surface area contributed by atoms with E-state index >= 15 is 0 Å². The van der Waals surface area contributed by atoms with Gasteiger partial charge in [0.1, 0.15) is 0 Å². The number of nitrogens with zero attached hydrogens (tertiary/aromatic N) is 1. The van der Waals surface area contributed by atoms with Gasteiger partial charge in [0.05, 0.1) is 12.0 Å². The molecule has 0 aliphatic heterocycles. The van der Waals surface area contributed by atoms with Gasteiger partial charge in [0.2, 0.25) is 0 Å². The summed E-state index contributed by atoms with van der Waals surface area (Å²) in [6.45, 7) is 1.92. The SMILES string of the molecule is COc1ccc(C(=O)N[C@@H](C)CCc2ccccc2)cc1[N+](=O)[O-]. The number of ether oxygens (including phenoxy) is 1. The minimum absolute atomic E-state index is 0.0427. The molecule has 2 rings (SSSR count). The molecule has 0 aromatic heterocycles. The molecule has 0 radical (unpaired) electrons. The maximum Gasteiger partial charge on any atom is 0.311 e. The standard InChI is InChI=1S/C18H20N2O4/c1-13(8-9-14-6-4-3-5-7-14)19-18(21)15-10-11-17(24-2)16(12-15)20(22)23/h3-7,10-13H,8-9H2,1-2H3,(H,19,21)/t13-/m0/s1. The second kappa shape index (κ2) is 8.10. The molecule has 0 spiro atoms. The maximum absolute atomic E-state index is 12.3. The summed E-state index contributed by atoms with van der Waals surface area (Å²) in [7, 11) is 1.35. The van der Waals surface area contributed by atoms with Gasteiger partial charge in [-0.15, -0.1) is 0 Å². The molecule has 24 heavy (non-hydrogen) atoms. The Kier molecular flexibility index (Phi) is 5.89. The number of carbonyl (C=O) groups is 1. The molecule has 0 unspecified atom stereocenters. The quantitative estimate of drug-likeness (QED) is 0.624. The van der Waals surface area contributed by atoms with E-state index in [9.17, 15) is 14.9 Å². The highest BCUT2D eigenvalue weighted by Gasteiger charge is 2.19. The number of benzene rings is 2.